The predicted molar refractivity (Wildman–Crippen MR) is 126 cm³/mol. The predicted octanol–water partition coefficient (Wildman–Crippen LogP) is 3.98. The molecule has 0 unspecified atom stereocenters. The van der Waals surface area contributed by atoms with Gasteiger partial charge in [0.05, 0.1) is 34.4 Å². The van der Waals surface area contributed by atoms with Crippen molar-refractivity contribution in [1.82, 2.24) is 23.9 Å². The van der Waals surface area contributed by atoms with Crippen molar-refractivity contribution in [1.29, 1.82) is 0 Å². The molecule has 0 bridgehead atoms. The van der Waals surface area contributed by atoms with Gasteiger partial charge in [0.25, 0.3) is 0 Å². The lowest BCUT2D eigenvalue weighted by atomic mass is 10.1. The van der Waals surface area contributed by atoms with Crippen LogP contribution in [0.1, 0.15) is 6.92 Å². The van der Waals surface area contributed by atoms with Crippen LogP contribution in [0.4, 0.5) is 5.69 Å². The highest BCUT2D eigenvalue weighted by molar-refractivity contribution is 7.92. The van der Waals surface area contributed by atoms with Gasteiger partial charge in [0.1, 0.15) is 6.33 Å². The average molecular weight is 447 g/mol. The first-order valence-electron chi connectivity index (χ1n) is 10.2. The zero-order valence-corrected chi connectivity index (χ0v) is 18.5. The lowest BCUT2D eigenvalue weighted by Crippen LogP contribution is -2.15. The quantitative estimate of drug-likeness (QED) is 0.427. The van der Waals surface area contributed by atoms with Crippen molar-refractivity contribution in [2.45, 2.75) is 6.92 Å². The second-order valence-corrected chi connectivity index (χ2v) is 9.57. The molecule has 9 heteroatoms. The van der Waals surface area contributed by atoms with Crippen LogP contribution in [0.15, 0.2) is 79.6 Å². The third kappa shape index (κ3) is 3.78. The molecule has 0 saturated carbocycles. The standard InChI is InChI=1S/C23H22N6O2S/c1-3-32(30,31)26-19-11-20(28-8-4-5-9-28)13-21(12-19)29-16-24-22-10-17(6-7-23(22)29)18-14-25-27(2)15-18/h4-16,26H,3H2,1-2H3. The summed E-state index contributed by atoms with van der Waals surface area (Å²) in [4.78, 5) is 4.59. The number of rotatable bonds is 6. The van der Waals surface area contributed by atoms with Crippen LogP contribution in [0, 0.1) is 0 Å². The SMILES string of the molecule is CCS(=O)(=O)Nc1cc(-n2cccc2)cc(-n2cnc3cc(-c4cnn(C)c4)ccc32)c1. The second-order valence-electron chi connectivity index (χ2n) is 7.55. The number of hydrogen-bond acceptors (Lipinski definition) is 4. The van der Waals surface area contributed by atoms with Crippen LogP contribution in [-0.4, -0.2) is 38.1 Å². The van der Waals surface area contributed by atoms with Gasteiger partial charge in [-0.25, -0.2) is 13.4 Å². The van der Waals surface area contributed by atoms with Crippen LogP contribution in [0.25, 0.3) is 33.5 Å². The summed E-state index contributed by atoms with van der Waals surface area (Å²) in [6.45, 7) is 1.61. The van der Waals surface area contributed by atoms with Crippen LogP contribution in [0.3, 0.4) is 0 Å². The van der Waals surface area contributed by atoms with Gasteiger partial charge in [-0.15, -0.1) is 0 Å². The number of imidazole rings is 1. The fourth-order valence-corrected chi connectivity index (χ4v) is 4.29. The van der Waals surface area contributed by atoms with Crippen LogP contribution in [0.2, 0.25) is 0 Å². The van der Waals surface area contributed by atoms with Crippen LogP contribution >= 0.6 is 0 Å². The van der Waals surface area contributed by atoms with Crippen molar-refractivity contribution in [2.24, 2.45) is 7.05 Å². The molecule has 3 aromatic heterocycles. The summed E-state index contributed by atoms with van der Waals surface area (Å²) in [5.74, 6) is 0.00120. The van der Waals surface area contributed by atoms with Crippen LogP contribution in [-0.2, 0) is 17.1 Å². The van der Waals surface area contributed by atoms with Gasteiger partial charge < -0.3 is 4.57 Å². The largest absolute Gasteiger partial charge is 0.324 e. The Morgan fingerprint density at radius 2 is 1.78 bits per heavy atom. The van der Waals surface area contributed by atoms with E-state index in [1.807, 2.05) is 89.5 Å². The van der Waals surface area contributed by atoms with Crippen molar-refractivity contribution < 1.29 is 8.42 Å². The number of anilines is 1. The first-order chi connectivity index (χ1) is 15.4. The van der Waals surface area contributed by atoms with Gasteiger partial charge in [-0.2, -0.15) is 5.10 Å². The summed E-state index contributed by atoms with van der Waals surface area (Å²) in [6.07, 6.45) is 9.38. The van der Waals surface area contributed by atoms with Gasteiger partial charge in [-0.05, 0) is 55.0 Å². The third-order valence-corrected chi connectivity index (χ3v) is 6.63. The fraction of sp³-hybridized carbons (Fsp3) is 0.130. The zero-order chi connectivity index (χ0) is 22.3. The molecule has 0 atom stereocenters. The van der Waals surface area contributed by atoms with E-state index in [0.29, 0.717) is 5.69 Å². The van der Waals surface area contributed by atoms with E-state index >= 15 is 0 Å². The second kappa shape index (κ2) is 7.69. The number of sulfonamides is 1. The van der Waals surface area contributed by atoms with E-state index in [-0.39, 0.29) is 5.75 Å². The Labute approximate surface area is 185 Å². The fourth-order valence-electron chi connectivity index (χ4n) is 3.67. The zero-order valence-electron chi connectivity index (χ0n) is 17.7. The Kier molecular flexibility index (Phi) is 4.82. The molecular formula is C23H22N6O2S. The molecule has 0 aliphatic rings. The third-order valence-electron chi connectivity index (χ3n) is 5.32. The maximum Gasteiger partial charge on any atom is 0.232 e. The molecule has 5 rings (SSSR count). The molecule has 5 aromatic rings. The summed E-state index contributed by atoms with van der Waals surface area (Å²) >= 11 is 0. The molecule has 32 heavy (non-hydrogen) atoms. The summed E-state index contributed by atoms with van der Waals surface area (Å²) in [5, 5.41) is 4.24. The van der Waals surface area contributed by atoms with Gasteiger partial charge in [-0.1, -0.05) is 6.07 Å². The molecule has 0 spiro atoms. The maximum absolute atomic E-state index is 12.2. The minimum Gasteiger partial charge on any atom is -0.324 e. The van der Waals surface area contributed by atoms with Crippen LogP contribution < -0.4 is 4.72 Å². The molecule has 0 radical (unpaired) electrons. The summed E-state index contributed by atoms with van der Waals surface area (Å²) < 4.78 is 32.7. The van der Waals surface area contributed by atoms with Crippen molar-refractivity contribution in [2.75, 3.05) is 10.5 Å². The minimum atomic E-state index is -3.41. The Bertz CT molecular complexity index is 1510. The van der Waals surface area contributed by atoms with E-state index in [0.717, 1.165) is 33.5 Å². The first-order valence-corrected chi connectivity index (χ1v) is 11.8. The monoisotopic (exact) mass is 446 g/mol. The first kappa shape index (κ1) is 20.1. The Balaban J connectivity index is 1.62. The highest BCUT2D eigenvalue weighted by atomic mass is 32.2. The lowest BCUT2D eigenvalue weighted by molar-refractivity contribution is 0.602. The molecule has 162 valence electrons. The van der Waals surface area contributed by atoms with Gasteiger partial charge in [-0.3, -0.25) is 14.0 Å². The summed E-state index contributed by atoms with van der Waals surface area (Å²) in [6, 6.07) is 15.6. The molecule has 0 aliphatic heterocycles. The van der Waals surface area contributed by atoms with E-state index < -0.39 is 10.0 Å². The van der Waals surface area contributed by atoms with Crippen LogP contribution in [0.5, 0.6) is 0 Å². The van der Waals surface area contributed by atoms with Gasteiger partial charge in [0.2, 0.25) is 10.0 Å². The van der Waals surface area contributed by atoms with E-state index in [1.54, 1.807) is 17.9 Å². The number of aryl methyl sites for hydroxylation is 1. The average Bonchev–Trinajstić information content (AvgIpc) is 3.53. The highest BCUT2D eigenvalue weighted by Crippen LogP contribution is 2.28. The van der Waals surface area contributed by atoms with Gasteiger partial charge >= 0.3 is 0 Å². The van der Waals surface area contributed by atoms with E-state index in [1.165, 1.54) is 0 Å². The van der Waals surface area contributed by atoms with Crippen molar-refractivity contribution in [3.63, 3.8) is 0 Å². The summed E-state index contributed by atoms with van der Waals surface area (Å²) in [7, 11) is -1.52. The molecule has 0 amide bonds. The number of fused-ring (bicyclic) bond motifs is 1. The number of nitrogens with zero attached hydrogens (tertiary/aromatic N) is 5. The number of hydrogen-bond donors (Lipinski definition) is 1. The molecule has 8 nitrogen and oxygen atoms in total. The molecule has 0 fully saturated rings. The van der Waals surface area contributed by atoms with Crippen molar-refractivity contribution in [3.05, 3.63) is 79.6 Å². The number of nitrogens with one attached hydrogen (secondary N) is 1. The van der Waals surface area contributed by atoms with Gasteiger partial charge in [0, 0.05) is 36.9 Å². The van der Waals surface area contributed by atoms with E-state index in [9.17, 15) is 8.42 Å². The highest BCUT2D eigenvalue weighted by Gasteiger charge is 2.13. The Hall–Kier alpha value is -3.85. The molecule has 0 aliphatic carbocycles. The maximum atomic E-state index is 12.2. The van der Waals surface area contributed by atoms with Crippen molar-refractivity contribution in [3.8, 4) is 22.5 Å². The smallest absolute Gasteiger partial charge is 0.232 e. The molecule has 2 aromatic carbocycles. The Morgan fingerprint density at radius 1 is 1.00 bits per heavy atom. The topological polar surface area (TPSA) is 86.7 Å². The molecule has 1 N–H and O–H groups in total. The van der Waals surface area contributed by atoms with E-state index in [2.05, 4.69) is 14.8 Å². The number of aromatic nitrogens is 5. The van der Waals surface area contributed by atoms with E-state index in [4.69, 9.17) is 0 Å². The van der Waals surface area contributed by atoms with Crippen molar-refractivity contribution >= 4 is 26.7 Å². The molecule has 3 heterocycles. The van der Waals surface area contributed by atoms with Gasteiger partial charge in [0.15, 0.2) is 0 Å². The number of benzene rings is 2. The molecular weight excluding hydrogens is 424 g/mol. The molecule has 0 saturated heterocycles. The Morgan fingerprint density at radius 3 is 2.50 bits per heavy atom. The lowest BCUT2D eigenvalue weighted by Gasteiger charge is -2.13. The summed E-state index contributed by atoms with van der Waals surface area (Å²) in [5.41, 5.74) is 5.97. The minimum absolute atomic E-state index is 0.00120. The normalized spacial score (nSPS) is 11.8.